The van der Waals surface area contributed by atoms with Crippen LogP contribution in [0.15, 0.2) is 18.2 Å². The van der Waals surface area contributed by atoms with Gasteiger partial charge in [-0.2, -0.15) is 0 Å². The normalized spacial score (nSPS) is 9.69. The molecule has 0 heterocycles. The highest BCUT2D eigenvalue weighted by Gasteiger charge is 2.13. The molecule has 0 aliphatic heterocycles. The first-order valence-electron chi connectivity index (χ1n) is 4.46. The number of hydrogen-bond donors (Lipinski definition) is 2. The van der Waals surface area contributed by atoms with Crippen molar-refractivity contribution in [2.75, 3.05) is 19.0 Å². The number of anilines is 1. The van der Waals surface area contributed by atoms with Gasteiger partial charge in [0.1, 0.15) is 5.82 Å². The molecule has 0 spiro atoms. The van der Waals surface area contributed by atoms with Gasteiger partial charge >= 0.3 is 5.97 Å². The summed E-state index contributed by atoms with van der Waals surface area (Å²) in [5, 5.41) is 2.40. The molecule has 5 nitrogen and oxygen atoms in total. The Morgan fingerprint density at radius 1 is 1.50 bits per heavy atom. The first-order valence-corrected chi connectivity index (χ1v) is 4.46. The fourth-order valence-electron chi connectivity index (χ4n) is 1.08. The van der Waals surface area contributed by atoms with Crippen LogP contribution in [0, 0.1) is 5.82 Å². The molecule has 0 radical (unpaired) electrons. The molecular formula is C10H11FN2O3. The molecule has 0 bridgehead atoms. The highest BCUT2D eigenvalue weighted by Crippen LogP contribution is 2.15. The molecule has 0 aromatic heterocycles. The molecule has 0 fully saturated rings. The van der Waals surface area contributed by atoms with Crippen LogP contribution in [-0.4, -0.2) is 25.5 Å². The summed E-state index contributed by atoms with van der Waals surface area (Å²) >= 11 is 0. The smallest absolute Gasteiger partial charge is 0.340 e. The summed E-state index contributed by atoms with van der Waals surface area (Å²) in [6, 6.07) is 3.59. The van der Waals surface area contributed by atoms with E-state index < -0.39 is 17.7 Å². The molecule has 0 aliphatic carbocycles. The molecule has 1 rings (SSSR count). The second kappa shape index (κ2) is 5.22. The lowest BCUT2D eigenvalue weighted by molar-refractivity contribution is -0.114. The van der Waals surface area contributed by atoms with Crippen molar-refractivity contribution in [3.63, 3.8) is 0 Å². The van der Waals surface area contributed by atoms with Crippen molar-refractivity contribution in [1.29, 1.82) is 0 Å². The van der Waals surface area contributed by atoms with Crippen molar-refractivity contribution in [3.05, 3.63) is 29.6 Å². The molecule has 1 aromatic rings. The fraction of sp³-hybridized carbons (Fsp3) is 0.200. The van der Waals surface area contributed by atoms with E-state index in [1.54, 1.807) is 0 Å². The number of ether oxygens (including phenoxy) is 1. The predicted octanol–water partition coefficient (Wildman–Crippen LogP) is 0.509. The maximum absolute atomic E-state index is 13.2. The largest absolute Gasteiger partial charge is 0.465 e. The number of methoxy groups -OCH3 is 1. The number of halogens is 1. The van der Waals surface area contributed by atoms with Gasteiger partial charge < -0.3 is 15.8 Å². The van der Waals surface area contributed by atoms with Crippen LogP contribution in [0.2, 0.25) is 0 Å². The minimum absolute atomic E-state index is 0.190. The Balaban J connectivity index is 2.98. The van der Waals surface area contributed by atoms with Gasteiger partial charge in [-0.3, -0.25) is 4.79 Å². The van der Waals surface area contributed by atoms with E-state index in [2.05, 4.69) is 10.1 Å². The van der Waals surface area contributed by atoms with Crippen LogP contribution < -0.4 is 11.1 Å². The van der Waals surface area contributed by atoms with Gasteiger partial charge in [-0.1, -0.05) is 0 Å². The average molecular weight is 226 g/mol. The summed E-state index contributed by atoms with van der Waals surface area (Å²) in [5.41, 5.74) is 5.15. The van der Waals surface area contributed by atoms with Crippen LogP contribution in [0.1, 0.15) is 10.4 Å². The second-order valence-electron chi connectivity index (χ2n) is 2.94. The lowest BCUT2D eigenvalue weighted by Crippen LogP contribution is -2.22. The van der Waals surface area contributed by atoms with Gasteiger partial charge in [0.15, 0.2) is 0 Å². The van der Waals surface area contributed by atoms with Gasteiger partial charge in [-0.05, 0) is 18.2 Å². The van der Waals surface area contributed by atoms with Crippen molar-refractivity contribution < 1.29 is 18.7 Å². The van der Waals surface area contributed by atoms with Gasteiger partial charge in [0, 0.05) is 5.69 Å². The van der Waals surface area contributed by atoms with Crippen molar-refractivity contribution in [3.8, 4) is 0 Å². The fourth-order valence-corrected chi connectivity index (χ4v) is 1.08. The van der Waals surface area contributed by atoms with E-state index in [1.165, 1.54) is 12.1 Å². The summed E-state index contributed by atoms with van der Waals surface area (Å²) in [5.74, 6) is -1.94. The number of carbonyl (C=O) groups excluding carboxylic acids is 2. The lowest BCUT2D eigenvalue weighted by Gasteiger charge is -2.06. The number of benzene rings is 1. The Bertz CT molecular complexity index is 421. The van der Waals surface area contributed by atoms with E-state index in [1.807, 2.05) is 0 Å². The van der Waals surface area contributed by atoms with Gasteiger partial charge in [0.05, 0.1) is 19.2 Å². The standard InChI is InChI=1S/C10H11FN2O3/c1-16-10(15)7-4-6(2-3-8(7)11)13-9(14)5-12/h2-4H,5,12H2,1H3,(H,13,14). The number of rotatable bonds is 3. The molecule has 0 saturated carbocycles. The van der Waals surface area contributed by atoms with Crippen LogP contribution in [0.3, 0.4) is 0 Å². The zero-order valence-corrected chi connectivity index (χ0v) is 8.62. The molecule has 16 heavy (non-hydrogen) atoms. The molecule has 1 amide bonds. The summed E-state index contributed by atoms with van der Waals surface area (Å²) in [7, 11) is 1.15. The monoisotopic (exact) mass is 226 g/mol. The number of hydrogen-bond acceptors (Lipinski definition) is 4. The highest BCUT2D eigenvalue weighted by molar-refractivity contribution is 5.95. The number of nitrogens with two attached hydrogens (primary N) is 1. The molecule has 0 atom stereocenters. The zero-order valence-electron chi connectivity index (χ0n) is 8.62. The topological polar surface area (TPSA) is 81.4 Å². The van der Waals surface area contributed by atoms with E-state index in [4.69, 9.17) is 5.73 Å². The molecule has 0 unspecified atom stereocenters. The van der Waals surface area contributed by atoms with Crippen LogP contribution >= 0.6 is 0 Å². The first-order chi connectivity index (χ1) is 7.58. The van der Waals surface area contributed by atoms with E-state index in [0.29, 0.717) is 0 Å². The van der Waals surface area contributed by atoms with E-state index in [0.717, 1.165) is 13.2 Å². The third-order valence-corrected chi connectivity index (χ3v) is 1.84. The molecule has 6 heteroatoms. The number of amides is 1. The quantitative estimate of drug-likeness (QED) is 0.736. The molecule has 1 aromatic carbocycles. The summed E-state index contributed by atoms with van der Waals surface area (Å²) in [6.07, 6.45) is 0. The molecule has 0 aliphatic rings. The van der Waals surface area contributed by atoms with E-state index >= 15 is 0 Å². The van der Waals surface area contributed by atoms with E-state index in [-0.39, 0.29) is 17.8 Å². The maximum Gasteiger partial charge on any atom is 0.340 e. The Labute approximate surface area is 91.4 Å². The van der Waals surface area contributed by atoms with Gasteiger partial charge in [0.2, 0.25) is 5.91 Å². The number of carbonyl (C=O) groups is 2. The Kier molecular flexibility index (Phi) is 3.96. The SMILES string of the molecule is COC(=O)c1cc(NC(=O)CN)ccc1F. The van der Waals surface area contributed by atoms with Crippen molar-refractivity contribution in [2.24, 2.45) is 5.73 Å². The van der Waals surface area contributed by atoms with Crippen molar-refractivity contribution in [1.82, 2.24) is 0 Å². The maximum atomic E-state index is 13.2. The van der Waals surface area contributed by atoms with Crippen molar-refractivity contribution >= 4 is 17.6 Å². The Morgan fingerprint density at radius 3 is 2.75 bits per heavy atom. The third kappa shape index (κ3) is 2.77. The highest BCUT2D eigenvalue weighted by atomic mass is 19.1. The minimum Gasteiger partial charge on any atom is -0.465 e. The van der Waals surface area contributed by atoms with Gasteiger partial charge in [0.25, 0.3) is 0 Å². The average Bonchev–Trinajstić information content (AvgIpc) is 2.30. The van der Waals surface area contributed by atoms with Crippen molar-refractivity contribution in [2.45, 2.75) is 0 Å². The predicted molar refractivity (Wildman–Crippen MR) is 55.4 cm³/mol. The Morgan fingerprint density at radius 2 is 2.19 bits per heavy atom. The summed E-state index contributed by atoms with van der Waals surface area (Å²) in [4.78, 5) is 22.1. The number of esters is 1. The van der Waals surface area contributed by atoms with Crippen LogP contribution in [0.4, 0.5) is 10.1 Å². The lowest BCUT2D eigenvalue weighted by atomic mass is 10.2. The molecule has 3 N–H and O–H groups in total. The minimum atomic E-state index is -0.804. The molecule has 0 saturated heterocycles. The Hall–Kier alpha value is -1.95. The third-order valence-electron chi connectivity index (χ3n) is 1.84. The van der Waals surface area contributed by atoms with Gasteiger partial charge in [-0.15, -0.1) is 0 Å². The van der Waals surface area contributed by atoms with Crippen LogP contribution in [0.25, 0.3) is 0 Å². The van der Waals surface area contributed by atoms with Crippen LogP contribution in [0.5, 0.6) is 0 Å². The molecular weight excluding hydrogens is 215 g/mol. The van der Waals surface area contributed by atoms with E-state index in [9.17, 15) is 14.0 Å². The summed E-state index contributed by atoms with van der Waals surface area (Å²) < 4.78 is 17.6. The second-order valence-corrected chi connectivity index (χ2v) is 2.94. The van der Waals surface area contributed by atoms with Gasteiger partial charge in [-0.25, -0.2) is 9.18 Å². The molecule has 86 valence electrons. The number of nitrogens with one attached hydrogen (secondary N) is 1. The van der Waals surface area contributed by atoms with Crippen LogP contribution in [-0.2, 0) is 9.53 Å². The first kappa shape index (κ1) is 12.1. The summed E-state index contributed by atoms with van der Waals surface area (Å²) in [6.45, 7) is -0.190. The zero-order chi connectivity index (χ0) is 12.1.